The topological polar surface area (TPSA) is 82.1 Å². The molecule has 0 atom stereocenters. The second kappa shape index (κ2) is 9.98. The second-order valence-corrected chi connectivity index (χ2v) is 7.25. The van der Waals surface area contributed by atoms with Gasteiger partial charge in [-0.05, 0) is 48.0 Å². The average molecular weight is 427 g/mol. The molecule has 2 aromatic rings. The van der Waals surface area contributed by atoms with E-state index in [0.717, 1.165) is 22.2 Å². The van der Waals surface area contributed by atoms with Gasteiger partial charge in [-0.25, -0.2) is 0 Å². The molecule has 1 saturated heterocycles. The minimum Gasteiger partial charge on any atom is -0.493 e. The zero-order chi connectivity index (χ0) is 21.5. The van der Waals surface area contributed by atoms with E-state index in [2.05, 4.69) is 0 Å². The number of thioether (sulfide) groups is 1. The predicted molar refractivity (Wildman–Crippen MR) is 113 cm³/mol. The lowest BCUT2D eigenvalue weighted by Crippen LogP contribution is -2.34. The Kier molecular flexibility index (Phi) is 7.13. The van der Waals surface area contributed by atoms with Crippen LogP contribution >= 0.6 is 11.8 Å². The van der Waals surface area contributed by atoms with Crippen molar-refractivity contribution in [3.8, 4) is 11.5 Å². The summed E-state index contributed by atoms with van der Waals surface area (Å²) < 4.78 is 16.0. The van der Waals surface area contributed by atoms with E-state index in [0.29, 0.717) is 23.7 Å². The Hall–Kier alpha value is -3.26. The number of esters is 1. The normalized spacial score (nSPS) is 14.9. The number of carbonyl (C=O) groups excluding carboxylic acids is 3. The molecular formula is C22H21NO6S. The summed E-state index contributed by atoms with van der Waals surface area (Å²) in [5.74, 6) is -0.0802. The average Bonchev–Trinajstić information content (AvgIpc) is 3.01. The van der Waals surface area contributed by atoms with Gasteiger partial charge in [0.15, 0.2) is 11.5 Å². The lowest BCUT2D eigenvalue weighted by molar-refractivity contribution is -0.145. The Labute approximate surface area is 178 Å². The van der Waals surface area contributed by atoms with Crippen molar-refractivity contribution < 1.29 is 28.6 Å². The van der Waals surface area contributed by atoms with E-state index >= 15 is 0 Å². The van der Waals surface area contributed by atoms with Crippen molar-refractivity contribution in [1.82, 2.24) is 4.90 Å². The molecule has 1 heterocycles. The van der Waals surface area contributed by atoms with Crippen molar-refractivity contribution in [2.75, 3.05) is 20.3 Å². The van der Waals surface area contributed by atoms with Crippen molar-refractivity contribution in [1.29, 1.82) is 0 Å². The number of methoxy groups -OCH3 is 1. The van der Waals surface area contributed by atoms with Gasteiger partial charge in [-0.2, -0.15) is 0 Å². The van der Waals surface area contributed by atoms with Gasteiger partial charge < -0.3 is 14.2 Å². The minimum absolute atomic E-state index is 0.184. The predicted octanol–water partition coefficient (Wildman–Crippen LogP) is 3.87. The van der Waals surface area contributed by atoms with Gasteiger partial charge in [0.25, 0.3) is 11.1 Å². The van der Waals surface area contributed by atoms with Crippen molar-refractivity contribution in [3.63, 3.8) is 0 Å². The highest BCUT2D eigenvalue weighted by Crippen LogP contribution is 2.34. The molecule has 1 aliphatic rings. The quantitative estimate of drug-likeness (QED) is 0.467. The summed E-state index contributed by atoms with van der Waals surface area (Å²) in [6, 6.07) is 15.0. The molecule has 0 aromatic heterocycles. The molecule has 156 valence electrons. The molecule has 2 aromatic carbocycles. The maximum atomic E-state index is 12.5. The molecule has 1 aliphatic heterocycles. The zero-order valence-corrected chi connectivity index (χ0v) is 17.4. The number of benzene rings is 2. The largest absolute Gasteiger partial charge is 0.493 e. The molecule has 30 heavy (non-hydrogen) atoms. The first-order valence-electron chi connectivity index (χ1n) is 9.27. The van der Waals surface area contributed by atoms with Crippen LogP contribution in [0.2, 0.25) is 0 Å². The molecule has 7 nitrogen and oxygen atoms in total. The van der Waals surface area contributed by atoms with E-state index < -0.39 is 23.7 Å². The van der Waals surface area contributed by atoms with Gasteiger partial charge in [-0.1, -0.05) is 36.4 Å². The Morgan fingerprint density at radius 2 is 1.87 bits per heavy atom. The van der Waals surface area contributed by atoms with Crippen molar-refractivity contribution >= 4 is 35.0 Å². The highest BCUT2D eigenvalue weighted by atomic mass is 32.2. The maximum Gasteiger partial charge on any atom is 0.326 e. The van der Waals surface area contributed by atoms with E-state index in [-0.39, 0.29) is 11.5 Å². The Morgan fingerprint density at radius 3 is 2.57 bits per heavy atom. The summed E-state index contributed by atoms with van der Waals surface area (Å²) in [6.45, 7) is 1.84. The highest BCUT2D eigenvalue weighted by molar-refractivity contribution is 8.18. The summed E-state index contributed by atoms with van der Waals surface area (Å²) >= 11 is 0.781. The second-order valence-electron chi connectivity index (χ2n) is 6.26. The van der Waals surface area contributed by atoms with E-state index in [4.69, 9.17) is 14.2 Å². The lowest BCUT2D eigenvalue weighted by Gasteiger charge is -2.12. The molecular weight excluding hydrogens is 406 g/mol. The van der Waals surface area contributed by atoms with Crippen LogP contribution in [0, 0.1) is 0 Å². The maximum absolute atomic E-state index is 12.5. The van der Waals surface area contributed by atoms with Crippen molar-refractivity contribution in [3.05, 3.63) is 64.6 Å². The number of carbonyl (C=O) groups is 3. The fourth-order valence-electron chi connectivity index (χ4n) is 2.75. The van der Waals surface area contributed by atoms with Crippen LogP contribution in [0.15, 0.2) is 53.4 Å². The van der Waals surface area contributed by atoms with Crippen LogP contribution < -0.4 is 9.47 Å². The van der Waals surface area contributed by atoms with Crippen LogP contribution in [0.3, 0.4) is 0 Å². The number of imide groups is 1. The standard InChI is InChI=1S/C22H21NO6S/c1-3-28-20(24)13-23-21(25)19(30-22(23)26)12-16-9-10-17(18(11-16)27-2)29-14-15-7-5-4-6-8-15/h4-12H,3,13-14H2,1-2H3/b19-12-. The van der Waals surface area contributed by atoms with E-state index in [1.54, 1.807) is 31.2 Å². The summed E-state index contributed by atoms with van der Waals surface area (Å²) in [4.78, 5) is 37.3. The molecule has 2 amide bonds. The third-order valence-corrected chi connectivity index (χ3v) is 5.10. The summed E-state index contributed by atoms with van der Waals surface area (Å²) in [7, 11) is 1.53. The number of amides is 2. The van der Waals surface area contributed by atoms with E-state index in [1.165, 1.54) is 7.11 Å². The summed E-state index contributed by atoms with van der Waals surface area (Å²) in [5, 5.41) is -0.505. The van der Waals surface area contributed by atoms with Gasteiger partial charge in [0.2, 0.25) is 0 Å². The Balaban J connectivity index is 1.73. The number of nitrogens with zero attached hydrogens (tertiary/aromatic N) is 1. The van der Waals surface area contributed by atoms with Crippen LogP contribution in [0.5, 0.6) is 11.5 Å². The van der Waals surface area contributed by atoms with Crippen molar-refractivity contribution in [2.45, 2.75) is 13.5 Å². The smallest absolute Gasteiger partial charge is 0.326 e. The monoisotopic (exact) mass is 427 g/mol. The molecule has 1 fully saturated rings. The van der Waals surface area contributed by atoms with Crippen LogP contribution in [0.1, 0.15) is 18.1 Å². The Bertz CT molecular complexity index is 973. The fourth-order valence-corrected chi connectivity index (χ4v) is 3.59. The van der Waals surface area contributed by atoms with Gasteiger partial charge in [0, 0.05) is 0 Å². The molecule has 0 aliphatic carbocycles. The molecule has 8 heteroatoms. The first kappa shape index (κ1) is 21.4. The van der Waals surface area contributed by atoms with Crippen LogP contribution in [-0.2, 0) is 20.9 Å². The minimum atomic E-state index is -0.623. The van der Waals surface area contributed by atoms with Gasteiger partial charge in [0.05, 0.1) is 18.6 Å². The molecule has 0 unspecified atom stereocenters. The van der Waals surface area contributed by atoms with Crippen LogP contribution in [0.4, 0.5) is 4.79 Å². The molecule has 0 spiro atoms. The molecule has 0 radical (unpaired) electrons. The number of hydrogen-bond donors (Lipinski definition) is 0. The third kappa shape index (κ3) is 5.21. The molecule has 0 bridgehead atoms. The zero-order valence-electron chi connectivity index (χ0n) is 16.6. The number of hydrogen-bond acceptors (Lipinski definition) is 7. The van der Waals surface area contributed by atoms with Crippen LogP contribution in [-0.4, -0.2) is 42.3 Å². The first-order valence-corrected chi connectivity index (χ1v) is 10.1. The number of rotatable bonds is 8. The van der Waals surface area contributed by atoms with Gasteiger partial charge in [-0.15, -0.1) is 0 Å². The first-order chi connectivity index (χ1) is 14.5. The lowest BCUT2D eigenvalue weighted by atomic mass is 10.1. The van der Waals surface area contributed by atoms with Crippen LogP contribution in [0.25, 0.3) is 6.08 Å². The SMILES string of the molecule is CCOC(=O)CN1C(=O)S/C(=C\c2ccc(OCc3ccccc3)c(OC)c2)C1=O. The number of ether oxygens (including phenoxy) is 3. The highest BCUT2D eigenvalue weighted by Gasteiger charge is 2.36. The summed E-state index contributed by atoms with van der Waals surface area (Å²) in [5.41, 5.74) is 1.69. The van der Waals surface area contributed by atoms with E-state index in [9.17, 15) is 14.4 Å². The van der Waals surface area contributed by atoms with Gasteiger partial charge >= 0.3 is 5.97 Å². The Morgan fingerprint density at radius 1 is 1.10 bits per heavy atom. The van der Waals surface area contributed by atoms with Crippen molar-refractivity contribution in [2.24, 2.45) is 0 Å². The molecule has 3 rings (SSSR count). The summed E-state index contributed by atoms with van der Waals surface area (Å²) in [6.07, 6.45) is 1.58. The molecule has 0 N–H and O–H groups in total. The third-order valence-electron chi connectivity index (χ3n) is 4.19. The van der Waals surface area contributed by atoms with Gasteiger partial charge in [0.1, 0.15) is 13.2 Å². The molecule has 0 saturated carbocycles. The fraction of sp³-hybridized carbons (Fsp3) is 0.227. The van der Waals surface area contributed by atoms with Gasteiger partial charge in [-0.3, -0.25) is 19.3 Å². The van der Waals surface area contributed by atoms with E-state index in [1.807, 2.05) is 30.3 Å².